The molecule has 12 nitrogen and oxygen atoms in total. The molecular weight excluding hydrogens is 552 g/mol. The molecule has 1 aliphatic heterocycles. The van der Waals surface area contributed by atoms with E-state index in [-0.39, 0.29) is 70.3 Å². The molecule has 40 heavy (non-hydrogen) atoms. The number of pyridine rings is 1. The number of ether oxygens (including phenoxy) is 2. The average Bonchev–Trinajstić information content (AvgIpc) is 3.54. The van der Waals surface area contributed by atoms with Crippen LogP contribution in [0.3, 0.4) is 0 Å². The lowest BCUT2D eigenvalue weighted by molar-refractivity contribution is -0.144. The van der Waals surface area contributed by atoms with Gasteiger partial charge in [-0.15, -0.1) is 10.2 Å². The van der Waals surface area contributed by atoms with Gasteiger partial charge in [-0.3, -0.25) is 14.6 Å². The Morgan fingerprint density at radius 1 is 1.23 bits per heavy atom. The Balaban J connectivity index is 1.36. The van der Waals surface area contributed by atoms with Gasteiger partial charge in [-0.2, -0.15) is 4.80 Å². The lowest BCUT2D eigenvalue weighted by Gasteiger charge is -2.40. The van der Waals surface area contributed by atoms with Crippen LogP contribution in [-0.4, -0.2) is 67.9 Å². The summed E-state index contributed by atoms with van der Waals surface area (Å²) in [4.78, 5) is 31.3. The van der Waals surface area contributed by atoms with E-state index in [1.54, 1.807) is 6.92 Å². The third kappa shape index (κ3) is 5.14. The van der Waals surface area contributed by atoms with Crippen LogP contribution in [-0.2, 0) is 16.6 Å². The number of benzene rings is 1. The third-order valence-electron chi connectivity index (χ3n) is 6.43. The number of hydrogen-bond donors (Lipinski definition) is 1. The number of carbonyl (C=O) groups is 2. The largest absolute Gasteiger partial charge is 0.479 e. The quantitative estimate of drug-likeness (QED) is 0.317. The number of carbonyl (C=O) groups excluding carboxylic acids is 2. The van der Waals surface area contributed by atoms with Crippen molar-refractivity contribution in [2.45, 2.75) is 24.8 Å². The number of tetrazole rings is 1. The van der Waals surface area contributed by atoms with Crippen molar-refractivity contribution in [3.05, 3.63) is 58.6 Å². The molecule has 4 aromatic rings. The summed E-state index contributed by atoms with van der Waals surface area (Å²) >= 11 is 6.08. The number of Topliss-reactive ketones (excluding diaryl/α,β-unsaturated/α-hetero) is 1. The summed E-state index contributed by atoms with van der Waals surface area (Å²) < 4.78 is 45.3. The number of aryl methyl sites for hydroxylation is 1. The highest BCUT2D eigenvalue weighted by molar-refractivity contribution is 6.31. The molecule has 5 rings (SSSR count). The molecule has 1 aromatic carbocycles. The van der Waals surface area contributed by atoms with Crippen LogP contribution in [0, 0.1) is 11.6 Å². The average molecular weight is 574 g/mol. The van der Waals surface area contributed by atoms with Crippen molar-refractivity contribution >= 4 is 23.3 Å². The minimum Gasteiger partial charge on any atom is -0.479 e. The molecule has 1 atom stereocenters. The summed E-state index contributed by atoms with van der Waals surface area (Å²) in [5.41, 5.74) is -0.861. The highest BCUT2D eigenvalue weighted by Crippen LogP contribution is 2.36. The lowest BCUT2D eigenvalue weighted by Crippen LogP contribution is -2.67. The van der Waals surface area contributed by atoms with Gasteiger partial charge in [0.1, 0.15) is 17.2 Å². The van der Waals surface area contributed by atoms with Crippen molar-refractivity contribution in [2.24, 2.45) is 7.05 Å². The first-order valence-electron chi connectivity index (χ1n) is 11.9. The van der Waals surface area contributed by atoms with Crippen molar-refractivity contribution in [3.8, 4) is 28.4 Å². The van der Waals surface area contributed by atoms with Crippen LogP contribution in [0.25, 0.3) is 22.5 Å². The molecule has 208 valence electrons. The monoisotopic (exact) mass is 573 g/mol. The summed E-state index contributed by atoms with van der Waals surface area (Å²) in [5.74, 6) is -3.17. The zero-order chi connectivity index (χ0) is 28.6. The number of amides is 1. The van der Waals surface area contributed by atoms with Gasteiger partial charge in [0, 0.05) is 29.1 Å². The van der Waals surface area contributed by atoms with E-state index in [2.05, 4.69) is 30.9 Å². The van der Waals surface area contributed by atoms with E-state index in [0.29, 0.717) is 0 Å². The number of rotatable bonds is 9. The summed E-state index contributed by atoms with van der Waals surface area (Å²) in [6, 6.07) is 5.01. The van der Waals surface area contributed by atoms with Gasteiger partial charge < -0.3 is 19.3 Å². The SMILES string of the molecule is COc1cc(C(=O)NC2(C(=O)C[C@H](C)c3ncc(-c4cc(Cl)cc(F)c4-c4nnn(C)n4)cc3F)COC2)on1. The van der Waals surface area contributed by atoms with Crippen molar-refractivity contribution in [1.29, 1.82) is 0 Å². The number of aromatic nitrogens is 6. The smallest absolute Gasteiger partial charge is 0.290 e. The van der Waals surface area contributed by atoms with Crippen LogP contribution in [0.15, 0.2) is 35.0 Å². The molecule has 0 unspecified atom stereocenters. The second-order valence-corrected chi connectivity index (χ2v) is 9.73. The molecule has 1 aliphatic rings. The van der Waals surface area contributed by atoms with Gasteiger partial charge in [-0.05, 0) is 34.1 Å². The van der Waals surface area contributed by atoms with Crippen LogP contribution < -0.4 is 10.1 Å². The predicted octanol–water partition coefficient (Wildman–Crippen LogP) is 3.13. The van der Waals surface area contributed by atoms with Crippen molar-refractivity contribution < 1.29 is 32.4 Å². The summed E-state index contributed by atoms with van der Waals surface area (Å²) in [7, 11) is 2.89. The third-order valence-corrected chi connectivity index (χ3v) is 6.65. The number of methoxy groups -OCH3 is 1. The molecule has 0 saturated carbocycles. The van der Waals surface area contributed by atoms with Crippen LogP contribution in [0.1, 0.15) is 35.5 Å². The Morgan fingerprint density at radius 3 is 2.60 bits per heavy atom. The van der Waals surface area contributed by atoms with E-state index in [1.807, 2.05) is 0 Å². The Bertz CT molecular complexity index is 1600. The highest BCUT2D eigenvalue weighted by atomic mass is 35.5. The molecule has 0 radical (unpaired) electrons. The second-order valence-electron chi connectivity index (χ2n) is 9.29. The minimum atomic E-state index is -1.31. The van der Waals surface area contributed by atoms with Gasteiger partial charge >= 0.3 is 0 Å². The van der Waals surface area contributed by atoms with E-state index < -0.39 is 29.0 Å². The standard InChI is InChI=1S/C25H22ClF2N7O5/c1-12(4-19(36)25(10-39-11-25)30-24(37)18-8-20(38-3)33-40-18)22-17(28)5-13(9-29-22)15-6-14(26)7-16(27)21(15)23-31-34-35(2)32-23/h5-9,12H,4,10-11H2,1-3H3,(H,30,37)/t12-/m0/s1. The van der Waals surface area contributed by atoms with Gasteiger partial charge in [0.25, 0.3) is 11.8 Å². The molecule has 0 bridgehead atoms. The normalized spacial score (nSPS) is 14.8. The molecule has 4 heterocycles. The van der Waals surface area contributed by atoms with Gasteiger partial charge in [0.15, 0.2) is 5.78 Å². The number of ketones is 1. The van der Waals surface area contributed by atoms with Crippen LogP contribution in [0.2, 0.25) is 5.02 Å². The molecule has 1 N–H and O–H groups in total. The molecule has 1 saturated heterocycles. The van der Waals surface area contributed by atoms with Crippen LogP contribution in [0.5, 0.6) is 5.88 Å². The maximum Gasteiger partial charge on any atom is 0.290 e. The van der Waals surface area contributed by atoms with E-state index in [1.165, 1.54) is 43.3 Å². The van der Waals surface area contributed by atoms with Crippen LogP contribution >= 0.6 is 11.6 Å². The minimum absolute atomic E-state index is 0.00560. The Labute approximate surface area is 230 Å². The van der Waals surface area contributed by atoms with Gasteiger partial charge in [0.05, 0.1) is 44.7 Å². The highest BCUT2D eigenvalue weighted by Gasteiger charge is 2.47. The predicted molar refractivity (Wildman–Crippen MR) is 135 cm³/mol. The first-order chi connectivity index (χ1) is 19.1. The van der Waals surface area contributed by atoms with Crippen molar-refractivity contribution in [2.75, 3.05) is 20.3 Å². The summed E-state index contributed by atoms with van der Waals surface area (Å²) in [6.07, 6.45) is 1.21. The number of nitrogens with zero attached hydrogens (tertiary/aromatic N) is 6. The maximum atomic E-state index is 15.4. The van der Waals surface area contributed by atoms with Gasteiger partial charge in [-0.1, -0.05) is 18.5 Å². The van der Waals surface area contributed by atoms with Crippen molar-refractivity contribution in [3.63, 3.8) is 0 Å². The first-order valence-corrected chi connectivity index (χ1v) is 12.3. The van der Waals surface area contributed by atoms with E-state index in [9.17, 15) is 14.0 Å². The Hall–Kier alpha value is -4.30. The fourth-order valence-corrected chi connectivity index (χ4v) is 4.50. The van der Waals surface area contributed by atoms with Gasteiger partial charge in [-0.25, -0.2) is 8.78 Å². The molecular formula is C25H22ClF2N7O5. The zero-order valence-corrected chi connectivity index (χ0v) is 22.2. The number of halogens is 3. The summed E-state index contributed by atoms with van der Waals surface area (Å²) in [6.45, 7) is 1.53. The van der Waals surface area contributed by atoms with Crippen molar-refractivity contribution in [1.82, 2.24) is 35.7 Å². The number of hydrogen-bond acceptors (Lipinski definition) is 10. The molecule has 0 aliphatic carbocycles. The first kappa shape index (κ1) is 27.3. The fraction of sp³-hybridized carbons (Fsp3) is 0.320. The van der Waals surface area contributed by atoms with Gasteiger partial charge in [0.2, 0.25) is 11.6 Å². The second kappa shape index (κ2) is 10.7. The topological polar surface area (TPSA) is 147 Å². The lowest BCUT2D eigenvalue weighted by atomic mass is 9.85. The Kier molecular flexibility index (Phi) is 7.29. The molecule has 1 amide bonds. The van der Waals surface area contributed by atoms with E-state index in [0.717, 1.165) is 6.07 Å². The molecule has 1 fully saturated rings. The fourth-order valence-electron chi connectivity index (χ4n) is 4.29. The molecule has 3 aromatic heterocycles. The van der Waals surface area contributed by atoms with E-state index in [4.69, 9.17) is 25.6 Å². The Morgan fingerprint density at radius 2 is 2.00 bits per heavy atom. The zero-order valence-electron chi connectivity index (χ0n) is 21.4. The molecule has 0 spiro atoms. The van der Waals surface area contributed by atoms with E-state index >= 15 is 4.39 Å². The summed E-state index contributed by atoms with van der Waals surface area (Å²) in [5, 5.41) is 17.9. The maximum absolute atomic E-state index is 15.4. The van der Waals surface area contributed by atoms with Crippen LogP contribution in [0.4, 0.5) is 8.78 Å². The molecule has 15 heteroatoms. The number of nitrogens with one attached hydrogen (secondary N) is 1.